The summed E-state index contributed by atoms with van der Waals surface area (Å²) in [5.74, 6) is 0.593. The Bertz CT molecular complexity index is 349. The number of anilines is 1. The number of halogens is 1. The zero-order chi connectivity index (χ0) is 12.3. The number of hydrogen-bond donors (Lipinski definition) is 1. The molecule has 0 bridgehead atoms. The van der Waals surface area contributed by atoms with Gasteiger partial charge in [-0.2, -0.15) is 0 Å². The number of benzene rings is 1. The van der Waals surface area contributed by atoms with Crippen molar-refractivity contribution in [1.29, 1.82) is 0 Å². The van der Waals surface area contributed by atoms with Crippen molar-refractivity contribution in [3.05, 3.63) is 29.6 Å². The summed E-state index contributed by atoms with van der Waals surface area (Å²) in [6.45, 7) is 4.15. The molecular weight excluding hydrogens is 213 g/mol. The SMILES string of the molecule is Cc1cc(F)cc(NC(C)C2CCCCC2)c1. The number of hydrogen-bond acceptors (Lipinski definition) is 1. The van der Waals surface area contributed by atoms with Crippen molar-refractivity contribution in [2.75, 3.05) is 5.32 Å². The van der Waals surface area contributed by atoms with E-state index in [2.05, 4.69) is 12.2 Å². The minimum absolute atomic E-state index is 0.150. The molecule has 94 valence electrons. The number of aryl methyl sites for hydroxylation is 1. The van der Waals surface area contributed by atoms with Crippen LogP contribution in [0.3, 0.4) is 0 Å². The van der Waals surface area contributed by atoms with Gasteiger partial charge in [0, 0.05) is 11.7 Å². The van der Waals surface area contributed by atoms with Crippen molar-refractivity contribution >= 4 is 5.69 Å². The quantitative estimate of drug-likeness (QED) is 0.812. The lowest BCUT2D eigenvalue weighted by atomic mass is 9.84. The van der Waals surface area contributed by atoms with E-state index in [1.165, 1.54) is 32.1 Å². The summed E-state index contributed by atoms with van der Waals surface area (Å²) in [5, 5.41) is 3.45. The molecule has 1 fully saturated rings. The first kappa shape index (κ1) is 12.4. The Kier molecular flexibility index (Phi) is 4.03. The molecule has 0 spiro atoms. The predicted molar refractivity (Wildman–Crippen MR) is 70.8 cm³/mol. The second-order valence-electron chi connectivity index (χ2n) is 5.35. The van der Waals surface area contributed by atoms with E-state index in [-0.39, 0.29) is 5.82 Å². The molecule has 0 aromatic heterocycles. The standard InChI is InChI=1S/C15H22FN/c1-11-8-14(16)10-15(9-11)17-12(2)13-6-4-3-5-7-13/h8-10,12-13,17H,3-7H2,1-2H3. The molecule has 17 heavy (non-hydrogen) atoms. The van der Waals surface area contributed by atoms with Crippen LogP contribution in [0.5, 0.6) is 0 Å². The van der Waals surface area contributed by atoms with Gasteiger partial charge in [0.15, 0.2) is 0 Å². The molecule has 0 radical (unpaired) electrons. The van der Waals surface area contributed by atoms with Crippen molar-refractivity contribution in [1.82, 2.24) is 0 Å². The number of nitrogens with one attached hydrogen (secondary N) is 1. The van der Waals surface area contributed by atoms with Crippen molar-refractivity contribution in [3.63, 3.8) is 0 Å². The fraction of sp³-hybridized carbons (Fsp3) is 0.600. The zero-order valence-corrected chi connectivity index (χ0v) is 10.8. The van der Waals surface area contributed by atoms with Gasteiger partial charge < -0.3 is 5.32 Å². The topological polar surface area (TPSA) is 12.0 Å². The lowest BCUT2D eigenvalue weighted by molar-refractivity contribution is 0.328. The molecule has 1 aliphatic carbocycles. The fourth-order valence-corrected chi connectivity index (χ4v) is 2.83. The van der Waals surface area contributed by atoms with E-state index in [0.717, 1.165) is 17.2 Å². The molecule has 1 nitrogen and oxygen atoms in total. The normalized spacial score (nSPS) is 19.0. The van der Waals surface area contributed by atoms with Crippen molar-refractivity contribution in [2.24, 2.45) is 5.92 Å². The molecule has 1 unspecified atom stereocenters. The van der Waals surface area contributed by atoms with Gasteiger partial charge in [-0.1, -0.05) is 19.3 Å². The smallest absolute Gasteiger partial charge is 0.125 e. The molecule has 0 amide bonds. The summed E-state index contributed by atoms with van der Waals surface area (Å²) in [6, 6.07) is 5.61. The molecule has 1 saturated carbocycles. The molecule has 1 aromatic rings. The lowest BCUT2D eigenvalue weighted by Gasteiger charge is -2.29. The van der Waals surface area contributed by atoms with E-state index < -0.39 is 0 Å². The Labute approximate surface area is 103 Å². The maximum absolute atomic E-state index is 13.3. The van der Waals surface area contributed by atoms with Crippen LogP contribution in [-0.4, -0.2) is 6.04 Å². The van der Waals surface area contributed by atoms with Gasteiger partial charge >= 0.3 is 0 Å². The molecule has 1 N–H and O–H groups in total. The molecule has 0 heterocycles. The highest BCUT2D eigenvalue weighted by molar-refractivity contribution is 5.46. The third-order valence-corrected chi connectivity index (χ3v) is 3.79. The summed E-state index contributed by atoms with van der Waals surface area (Å²) < 4.78 is 13.3. The first-order valence-corrected chi connectivity index (χ1v) is 6.69. The molecule has 1 aliphatic rings. The molecule has 2 rings (SSSR count). The summed E-state index contributed by atoms with van der Waals surface area (Å²) >= 11 is 0. The Morgan fingerprint density at radius 2 is 1.88 bits per heavy atom. The van der Waals surface area contributed by atoms with Crippen LogP contribution in [0, 0.1) is 18.7 Å². The monoisotopic (exact) mass is 235 g/mol. The van der Waals surface area contributed by atoms with E-state index >= 15 is 0 Å². The highest BCUT2D eigenvalue weighted by Gasteiger charge is 2.19. The summed E-state index contributed by atoms with van der Waals surface area (Å²) in [7, 11) is 0. The van der Waals surface area contributed by atoms with Crippen LogP contribution in [0.25, 0.3) is 0 Å². The average Bonchev–Trinajstić information content (AvgIpc) is 2.28. The van der Waals surface area contributed by atoms with Gasteiger partial charge in [-0.3, -0.25) is 0 Å². The Morgan fingerprint density at radius 1 is 1.18 bits per heavy atom. The highest BCUT2D eigenvalue weighted by atomic mass is 19.1. The van der Waals surface area contributed by atoms with E-state index in [4.69, 9.17) is 0 Å². The van der Waals surface area contributed by atoms with Gasteiger partial charge in [-0.25, -0.2) is 4.39 Å². The zero-order valence-electron chi connectivity index (χ0n) is 10.8. The minimum Gasteiger partial charge on any atom is -0.382 e. The van der Waals surface area contributed by atoms with Crippen LogP contribution in [-0.2, 0) is 0 Å². The van der Waals surface area contributed by atoms with Crippen LogP contribution in [0.1, 0.15) is 44.6 Å². The molecule has 1 aromatic carbocycles. The van der Waals surface area contributed by atoms with Crippen LogP contribution in [0.15, 0.2) is 18.2 Å². The van der Waals surface area contributed by atoms with Gasteiger partial charge in [0.1, 0.15) is 5.82 Å². The molecular formula is C15H22FN. The van der Waals surface area contributed by atoms with Gasteiger partial charge in [0.2, 0.25) is 0 Å². The van der Waals surface area contributed by atoms with Gasteiger partial charge in [0.25, 0.3) is 0 Å². The maximum atomic E-state index is 13.3. The average molecular weight is 235 g/mol. The van der Waals surface area contributed by atoms with E-state index in [1.54, 1.807) is 12.1 Å². The molecule has 0 aliphatic heterocycles. The second-order valence-corrected chi connectivity index (χ2v) is 5.35. The van der Waals surface area contributed by atoms with Crippen molar-refractivity contribution in [2.45, 2.75) is 52.0 Å². The van der Waals surface area contributed by atoms with Crippen LogP contribution >= 0.6 is 0 Å². The first-order valence-electron chi connectivity index (χ1n) is 6.69. The van der Waals surface area contributed by atoms with Crippen molar-refractivity contribution < 1.29 is 4.39 Å². The van der Waals surface area contributed by atoms with E-state index in [0.29, 0.717) is 6.04 Å². The first-order chi connectivity index (χ1) is 8.15. The van der Waals surface area contributed by atoms with E-state index in [1.807, 2.05) is 13.0 Å². The van der Waals surface area contributed by atoms with E-state index in [9.17, 15) is 4.39 Å². The van der Waals surface area contributed by atoms with Crippen LogP contribution in [0.2, 0.25) is 0 Å². The third kappa shape index (κ3) is 3.45. The Balaban J connectivity index is 1.99. The molecule has 1 atom stereocenters. The molecule has 2 heteroatoms. The highest BCUT2D eigenvalue weighted by Crippen LogP contribution is 2.28. The fourth-order valence-electron chi connectivity index (χ4n) is 2.83. The van der Waals surface area contributed by atoms with Crippen molar-refractivity contribution in [3.8, 4) is 0 Å². The van der Waals surface area contributed by atoms with Gasteiger partial charge in [-0.05, 0) is 56.4 Å². The van der Waals surface area contributed by atoms with Gasteiger partial charge in [0.05, 0.1) is 0 Å². The Morgan fingerprint density at radius 3 is 2.53 bits per heavy atom. The van der Waals surface area contributed by atoms with Gasteiger partial charge in [-0.15, -0.1) is 0 Å². The summed E-state index contributed by atoms with van der Waals surface area (Å²) in [4.78, 5) is 0. The third-order valence-electron chi connectivity index (χ3n) is 3.79. The number of rotatable bonds is 3. The summed E-state index contributed by atoms with van der Waals surface area (Å²) in [5.41, 5.74) is 1.89. The Hall–Kier alpha value is -1.05. The van der Waals surface area contributed by atoms with Crippen LogP contribution in [0.4, 0.5) is 10.1 Å². The van der Waals surface area contributed by atoms with Crippen LogP contribution < -0.4 is 5.32 Å². The maximum Gasteiger partial charge on any atom is 0.125 e. The lowest BCUT2D eigenvalue weighted by Crippen LogP contribution is -2.27. The minimum atomic E-state index is -0.150. The second kappa shape index (κ2) is 5.52. The molecule has 0 saturated heterocycles. The largest absolute Gasteiger partial charge is 0.382 e. The summed E-state index contributed by atoms with van der Waals surface area (Å²) in [6.07, 6.45) is 6.69. The predicted octanol–water partition coefficient (Wildman–Crippen LogP) is 4.51.